The summed E-state index contributed by atoms with van der Waals surface area (Å²) in [6.45, 7) is 7.12. The second-order valence-corrected chi connectivity index (χ2v) is 6.55. The van der Waals surface area contributed by atoms with Gasteiger partial charge < -0.3 is 14.4 Å². The number of aromatic nitrogens is 1. The topological polar surface area (TPSA) is 54.9 Å². The van der Waals surface area contributed by atoms with Crippen LogP contribution in [0.5, 0.6) is 5.75 Å². The first-order valence-corrected chi connectivity index (χ1v) is 9.43. The molecule has 0 spiro atoms. The number of nitrogens with zero attached hydrogens (tertiary/aromatic N) is 3. The molecule has 1 saturated heterocycles. The Kier molecular flexibility index (Phi) is 6.65. The maximum absolute atomic E-state index is 11.7. The third-order valence-electron chi connectivity index (χ3n) is 4.83. The fraction of sp³-hybridized carbons (Fsp3) is 0.429. The van der Waals surface area contributed by atoms with Gasteiger partial charge in [0.25, 0.3) is 0 Å². The fourth-order valence-corrected chi connectivity index (χ4v) is 3.19. The minimum atomic E-state index is -0.320. The van der Waals surface area contributed by atoms with E-state index >= 15 is 0 Å². The van der Waals surface area contributed by atoms with E-state index < -0.39 is 0 Å². The van der Waals surface area contributed by atoms with Gasteiger partial charge >= 0.3 is 5.97 Å². The van der Waals surface area contributed by atoms with E-state index in [1.54, 1.807) is 26.3 Å². The van der Waals surface area contributed by atoms with Gasteiger partial charge in [0.05, 0.1) is 19.3 Å². The molecule has 6 heteroatoms. The number of hydrogen-bond acceptors (Lipinski definition) is 6. The molecule has 27 heavy (non-hydrogen) atoms. The minimum absolute atomic E-state index is 0.320. The highest BCUT2D eigenvalue weighted by molar-refractivity contribution is 5.89. The van der Waals surface area contributed by atoms with Gasteiger partial charge in [-0.25, -0.2) is 9.78 Å². The number of ether oxygens (including phenoxy) is 2. The van der Waals surface area contributed by atoms with Crippen LogP contribution in [0.2, 0.25) is 0 Å². The molecule has 1 aliphatic heterocycles. The van der Waals surface area contributed by atoms with Crippen molar-refractivity contribution in [1.82, 2.24) is 9.88 Å². The molecule has 1 aromatic heterocycles. The molecule has 0 saturated carbocycles. The van der Waals surface area contributed by atoms with Crippen molar-refractivity contribution in [2.45, 2.75) is 13.3 Å². The van der Waals surface area contributed by atoms with Crippen molar-refractivity contribution >= 4 is 11.8 Å². The Bertz CT molecular complexity index is 723. The average Bonchev–Trinajstić information content (AvgIpc) is 2.73. The first-order valence-electron chi connectivity index (χ1n) is 9.43. The van der Waals surface area contributed by atoms with Crippen LogP contribution in [0.15, 0.2) is 42.6 Å². The molecule has 0 amide bonds. The molecule has 0 bridgehead atoms. The van der Waals surface area contributed by atoms with Gasteiger partial charge in [0.1, 0.15) is 11.6 Å². The number of pyridine rings is 1. The molecule has 2 aromatic rings. The van der Waals surface area contributed by atoms with E-state index in [9.17, 15) is 4.79 Å². The van der Waals surface area contributed by atoms with Crippen molar-refractivity contribution in [2.75, 3.05) is 51.3 Å². The molecule has 0 aliphatic carbocycles. The Morgan fingerprint density at radius 2 is 1.81 bits per heavy atom. The van der Waals surface area contributed by atoms with Crippen molar-refractivity contribution in [1.29, 1.82) is 0 Å². The second-order valence-electron chi connectivity index (χ2n) is 6.55. The maximum atomic E-state index is 11.7. The van der Waals surface area contributed by atoms with Crippen molar-refractivity contribution in [2.24, 2.45) is 0 Å². The number of esters is 1. The zero-order chi connectivity index (χ0) is 19.1. The molecule has 1 aliphatic rings. The molecule has 144 valence electrons. The molecule has 0 radical (unpaired) electrons. The highest BCUT2D eigenvalue weighted by Gasteiger charge is 2.18. The minimum Gasteiger partial charge on any atom is -0.497 e. The van der Waals surface area contributed by atoms with Crippen LogP contribution >= 0.6 is 0 Å². The monoisotopic (exact) mass is 369 g/mol. The highest BCUT2D eigenvalue weighted by atomic mass is 16.5. The maximum Gasteiger partial charge on any atom is 0.339 e. The van der Waals surface area contributed by atoms with Gasteiger partial charge in [-0.05, 0) is 43.2 Å². The summed E-state index contributed by atoms with van der Waals surface area (Å²) in [5, 5.41) is 0. The van der Waals surface area contributed by atoms with Crippen LogP contribution in [0.25, 0.3) is 0 Å². The molecule has 0 unspecified atom stereocenters. The molecule has 1 aromatic carbocycles. The summed E-state index contributed by atoms with van der Waals surface area (Å²) < 4.78 is 10.2. The van der Waals surface area contributed by atoms with Crippen molar-refractivity contribution in [3.05, 3.63) is 53.7 Å². The second kappa shape index (κ2) is 9.37. The fourth-order valence-electron chi connectivity index (χ4n) is 3.19. The number of rotatable bonds is 7. The number of anilines is 1. The summed E-state index contributed by atoms with van der Waals surface area (Å²) in [5.41, 5.74) is 1.83. The highest BCUT2D eigenvalue weighted by Crippen LogP contribution is 2.16. The van der Waals surface area contributed by atoms with Crippen LogP contribution in [0.1, 0.15) is 22.8 Å². The lowest BCUT2D eigenvalue weighted by atomic mass is 10.1. The Labute approximate surface area is 160 Å². The number of carbonyl (C=O) groups excluding carboxylic acids is 1. The summed E-state index contributed by atoms with van der Waals surface area (Å²) in [5.74, 6) is 1.49. The predicted molar refractivity (Wildman–Crippen MR) is 106 cm³/mol. The molecule has 2 heterocycles. The Morgan fingerprint density at radius 1 is 1.07 bits per heavy atom. The zero-order valence-electron chi connectivity index (χ0n) is 16.1. The van der Waals surface area contributed by atoms with E-state index in [0.29, 0.717) is 12.2 Å². The van der Waals surface area contributed by atoms with E-state index in [4.69, 9.17) is 9.47 Å². The van der Waals surface area contributed by atoms with E-state index in [0.717, 1.165) is 50.7 Å². The summed E-state index contributed by atoms with van der Waals surface area (Å²) in [6.07, 6.45) is 2.64. The number of methoxy groups -OCH3 is 1. The number of benzene rings is 1. The van der Waals surface area contributed by atoms with Gasteiger partial charge in [-0.15, -0.1) is 0 Å². The van der Waals surface area contributed by atoms with E-state index in [1.165, 1.54) is 5.56 Å². The van der Waals surface area contributed by atoms with Crippen molar-refractivity contribution < 1.29 is 14.3 Å². The van der Waals surface area contributed by atoms with Crippen molar-refractivity contribution in [3.63, 3.8) is 0 Å². The lowest BCUT2D eigenvalue weighted by Crippen LogP contribution is -2.47. The Hall–Kier alpha value is -2.60. The van der Waals surface area contributed by atoms with Crippen molar-refractivity contribution in [3.8, 4) is 5.75 Å². The molecule has 0 atom stereocenters. The lowest BCUT2D eigenvalue weighted by molar-refractivity contribution is 0.0526. The van der Waals surface area contributed by atoms with Crippen LogP contribution in [0.3, 0.4) is 0 Å². The number of hydrogen-bond donors (Lipinski definition) is 0. The van der Waals surface area contributed by atoms with Crippen LogP contribution in [-0.4, -0.2) is 62.3 Å². The van der Waals surface area contributed by atoms with E-state index in [1.807, 2.05) is 18.2 Å². The summed E-state index contributed by atoms with van der Waals surface area (Å²) >= 11 is 0. The average molecular weight is 369 g/mol. The largest absolute Gasteiger partial charge is 0.497 e. The smallest absolute Gasteiger partial charge is 0.339 e. The molecular formula is C21H27N3O3. The molecule has 1 fully saturated rings. The standard InChI is InChI=1S/C21H27N3O3/c1-3-27-21(25)18-6-9-20(22-16-18)24-14-12-23(13-15-24)11-10-17-4-7-19(26-2)8-5-17/h4-9,16H,3,10-15H2,1-2H3. The number of piperazine rings is 1. The normalized spacial score (nSPS) is 14.8. The van der Waals surface area contributed by atoms with Gasteiger partial charge in [0.15, 0.2) is 0 Å². The quantitative estimate of drug-likeness (QED) is 0.700. The van der Waals surface area contributed by atoms with Gasteiger partial charge in [-0.1, -0.05) is 12.1 Å². The summed E-state index contributed by atoms with van der Waals surface area (Å²) in [6, 6.07) is 12.0. The molecular weight excluding hydrogens is 342 g/mol. The SMILES string of the molecule is CCOC(=O)c1ccc(N2CCN(CCc3ccc(OC)cc3)CC2)nc1. The van der Waals surface area contributed by atoms with Crippen LogP contribution < -0.4 is 9.64 Å². The number of carbonyl (C=O) groups is 1. The third-order valence-corrected chi connectivity index (χ3v) is 4.83. The van der Waals surface area contributed by atoms with Gasteiger partial charge in [-0.3, -0.25) is 4.90 Å². The molecule has 6 nitrogen and oxygen atoms in total. The third kappa shape index (κ3) is 5.20. The van der Waals surface area contributed by atoms with Gasteiger partial charge in [0.2, 0.25) is 0 Å². The predicted octanol–water partition coefficient (Wildman–Crippen LogP) is 2.63. The summed E-state index contributed by atoms with van der Waals surface area (Å²) in [7, 11) is 1.69. The van der Waals surface area contributed by atoms with Crippen LogP contribution in [0.4, 0.5) is 5.82 Å². The van der Waals surface area contributed by atoms with Crippen LogP contribution in [-0.2, 0) is 11.2 Å². The van der Waals surface area contributed by atoms with E-state index in [-0.39, 0.29) is 5.97 Å². The van der Waals surface area contributed by atoms with Gasteiger partial charge in [-0.2, -0.15) is 0 Å². The molecule has 3 rings (SSSR count). The zero-order valence-corrected chi connectivity index (χ0v) is 16.1. The lowest BCUT2D eigenvalue weighted by Gasteiger charge is -2.35. The van der Waals surface area contributed by atoms with Crippen LogP contribution in [0, 0.1) is 0 Å². The van der Waals surface area contributed by atoms with E-state index in [2.05, 4.69) is 26.9 Å². The van der Waals surface area contributed by atoms with Gasteiger partial charge in [0, 0.05) is 38.9 Å². The Balaban J connectivity index is 1.46. The Morgan fingerprint density at radius 3 is 2.41 bits per heavy atom. The first-order chi connectivity index (χ1) is 13.2. The molecule has 0 N–H and O–H groups in total. The summed E-state index contributed by atoms with van der Waals surface area (Å²) in [4.78, 5) is 20.9. The first kappa shape index (κ1) is 19.2.